The predicted molar refractivity (Wildman–Crippen MR) is 155 cm³/mol. The highest BCUT2D eigenvalue weighted by Gasteiger charge is 2.39. The van der Waals surface area contributed by atoms with Crippen LogP contribution in [-0.4, -0.2) is 55.5 Å². The van der Waals surface area contributed by atoms with Crippen LogP contribution >= 0.6 is 23.2 Å². The first-order chi connectivity index (χ1) is 19.6. The number of hydrogen-bond donors (Lipinski definition) is 1. The van der Waals surface area contributed by atoms with Gasteiger partial charge in [-0.25, -0.2) is 14.0 Å². The number of benzene rings is 2. The van der Waals surface area contributed by atoms with Gasteiger partial charge in [0.25, 0.3) is 0 Å². The molecular formula is C31H33Cl2FN2O5. The lowest BCUT2D eigenvalue weighted by atomic mass is 9.80. The molecule has 0 aliphatic carbocycles. The first kappa shape index (κ1) is 30.8. The van der Waals surface area contributed by atoms with E-state index in [0.717, 1.165) is 0 Å². The number of Topliss-reactive ketones (excluding diaryl/α,β-unsaturated/α-hetero) is 1. The van der Waals surface area contributed by atoms with E-state index in [1.807, 2.05) is 0 Å². The highest BCUT2D eigenvalue weighted by atomic mass is 35.5. The number of esters is 2. The summed E-state index contributed by atoms with van der Waals surface area (Å²) in [5.74, 6) is -2.44. The van der Waals surface area contributed by atoms with Crippen LogP contribution in [-0.2, 0) is 19.1 Å². The molecular weight excluding hydrogens is 570 g/mol. The molecule has 218 valence electrons. The quantitative estimate of drug-likeness (QED) is 0.275. The second-order valence-electron chi connectivity index (χ2n) is 10.1. The summed E-state index contributed by atoms with van der Waals surface area (Å²) in [6, 6.07) is 10.7. The molecule has 0 saturated carbocycles. The van der Waals surface area contributed by atoms with Crippen molar-refractivity contribution in [1.29, 1.82) is 0 Å². The standard InChI is InChI=1S/C31H33Cl2FN2O5/c1-4-40-30(38)25-18(2)35-19(3)26(27(25)23-6-5-7-24(32)28(23)33)31(39)41-17-16-36-14-12-21(13-15-36)29(37)20-8-10-22(34)11-9-20/h5-11,21,27,35H,4,12-17H2,1-3H3. The van der Waals surface area contributed by atoms with Gasteiger partial charge >= 0.3 is 11.9 Å². The van der Waals surface area contributed by atoms with Crippen molar-refractivity contribution in [3.8, 4) is 0 Å². The molecule has 1 saturated heterocycles. The molecule has 41 heavy (non-hydrogen) atoms. The van der Waals surface area contributed by atoms with E-state index in [1.165, 1.54) is 24.3 Å². The molecule has 10 heteroatoms. The Morgan fingerprint density at radius 1 is 0.951 bits per heavy atom. The molecule has 1 N–H and O–H groups in total. The number of ketones is 1. The molecule has 1 fully saturated rings. The fraction of sp³-hybridized carbons (Fsp3) is 0.387. The van der Waals surface area contributed by atoms with Gasteiger partial charge in [-0.2, -0.15) is 0 Å². The second kappa shape index (κ2) is 13.6. The zero-order valence-electron chi connectivity index (χ0n) is 23.3. The van der Waals surface area contributed by atoms with Gasteiger partial charge in [-0.3, -0.25) is 9.69 Å². The van der Waals surface area contributed by atoms with Crippen LogP contribution in [0.5, 0.6) is 0 Å². The summed E-state index contributed by atoms with van der Waals surface area (Å²) in [5.41, 5.74) is 2.64. The third-order valence-corrected chi connectivity index (χ3v) is 8.33. The maximum absolute atomic E-state index is 13.5. The van der Waals surface area contributed by atoms with E-state index in [4.69, 9.17) is 32.7 Å². The van der Waals surface area contributed by atoms with Gasteiger partial charge in [0.1, 0.15) is 12.4 Å². The minimum Gasteiger partial charge on any atom is -0.463 e. The molecule has 0 spiro atoms. The number of halogens is 3. The van der Waals surface area contributed by atoms with Gasteiger partial charge in [-0.15, -0.1) is 0 Å². The first-order valence-corrected chi connectivity index (χ1v) is 14.4. The highest BCUT2D eigenvalue weighted by Crippen LogP contribution is 2.43. The van der Waals surface area contributed by atoms with E-state index in [0.29, 0.717) is 60.0 Å². The number of carbonyl (C=O) groups excluding carboxylic acids is 3. The van der Waals surface area contributed by atoms with Gasteiger partial charge in [-0.1, -0.05) is 35.3 Å². The van der Waals surface area contributed by atoms with E-state index in [2.05, 4.69) is 10.2 Å². The van der Waals surface area contributed by atoms with Gasteiger partial charge in [0.2, 0.25) is 0 Å². The molecule has 2 aliphatic heterocycles. The Balaban J connectivity index is 1.43. The van der Waals surface area contributed by atoms with Crippen LogP contribution in [0.3, 0.4) is 0 Å². The van der Waals surface area contributed by atoms with Crippen molar-refractivity contribution in [3.05, 3.63) is 92.0 Å². The topological polar surface area (TPSA) is 84.9 Å². The second-order valence-corrected chi connectivity index (χ2v) is 10.9. The molecule has 4 rings (SSSR count). The minimum atomic E-state index is -0.831. The summed E-state index contributed by atoms with van der Waals surface area (Å²) in [5, 5.41) is 3.67. The van der Waals surface area contributed by atoms with E-state index in [-0.39, 0.29) is 46.9 Å². The van der Waals surface area contributed by atoms with Crippen molar-refractivity contribution in [3.63, 3.8) is 0 Å². The third-order valence-electron chi connectivity index (χ3n) is 7.50. The Bertz CT molecular complexity index is 1380. The van der Waals surface area contributed by atoms with Crippen LogP contribution in [0, 0.1) is 11.7 Å². The fourth-order valence-corrected chi connectivity index (χ4v) is 5.83. The SMILES string of the molecule is CCOC(=O)C1=C(C)NC(C)=C(C(=O)OCCN2CCC(C(=O)c3ccc(F)cc3)CC2)C1c1cccc(Cl)c1Cl. The maximum Gasteiger partial charge on any atom is 0.336 e. The Labute approximate surface area is 249 Å². The molecule has 1 atom stereocenters. The Morgan fingerprint density at radius 3 is 2.17 bits per heavy atom. The van der Waals surface area contributed by atoms with E-state index >= 15 is 0 Å². The minimum absolute atomic E-state index is 0.0229. The number of ether oxygens (including phenoxy) is 2. The number of allylic oxidation sites excluding steroid dienone is 2. The third kappa shape index (κ3) is 7.00. The average Bonchev–Trinajstić information content (AvgIpc) is 2.94. The molecule has 7 nitrogen and oxygen atoms in total. The van der Waals surface area contributed by atoms with Gasteiger partial charge in [0, 0.05) is 29.4 Å². The summed E-state index contributed by atoms with van der Waals surface area (Å²) in [6.07, 6.45) is 1.33. The molecule has 0 bridgehead atoms. The maximum atomic E-state index is 13.5. The van der Waals surface area contributed by atoms with Crippen LogP contribution in [0.1, 0.15) is 55.5 Å². The number of dihydropyridines is 1. The summed E-state index contributed by atoms with van der Waals surface area (Å²) < 4.78 is 24.3. The summed E-state index contributed by atoms with van der Waals surface area (Å²) in [6.45, 7) is 7.33. The Hall–Kier alpha value is -3.20. The molecule has 0 amide bonds. The number of nitrogens with one attached hydrogen (secondary N) is 1. The fourth-order valence-electron chi connectivity index (χ4n) is 5.41. The summed E-state index contributed by atoms with van der Waals surface area (Å²) >= 11 is 12.9. The van der Waals surface area contributed by atoms with Gasteiger partial charge in [0.05, 0.1) is 33.7 Å². The summed E-state index contributed by atoms with van der Waals surface area (Å²) in [7, 11) is 0. The van der Waals surface area contributed by atoms with Crippen LogP contribution in [0.15, 0.2) is 65.0 Å². The number of hydrogen-bond acceptors (Lipinski definition) is 7. The number of piperidine rings is 1. The van der Waals surface area contributed by atoms with Crippen LogP contribution in [0.25, 0.3) is 0 Å². The van der Waals surface area contributed by atoms with E-state index in [9.17, 15) is 18.8 Å². The largest absolute Gasteiger partial charge is 0.463 e. The van der Waals surface area contributed by atoms with Gasteiger partial charge < -0.3 is 14.8 Å². The number of nitrogens with zero attached hydrogens (tertiary/aromatic N) is 1. The molecule has 1 unspecified atom stereocenters. The van der Waals surface area contributed by atoms with Crippen molar-refractivity contribution in [2.75, 3.05) is 32.8 Å². The smallest absolute Gasteiger partial charge is 0.336 e. The Morgan fingerprint density at radius 2 is 1.56 bits per heavy atom. The van der Waals surface area contributed by atoms with Crippen molar-refractivity contribution in [1.82, 2.24) is 10.2 Å². The highest BCUT2D eigenvalue weighted by molar-refractivity contribution is 6.42. The van der Waals surface area contributed by atoms with Crippen LogP contribution in [0.2, 0.25) is 10.0 Å². The monoisotopic (exact) mass is 602 g/mol. The molecule has 2 aromatic rings. The van der Waals surface area contributed by atoms with Crippen molar-refractivity contribution in [2.45, 2.75) is 39.5 Å². The molecule has 2 heterocycles. The number of carbonyl (C=O) groups is 3. The van der Waals surface area contributed by atoms with Crippen molar-refractivity contribution in [2.24, 2.45) is 5.92 Å². The van der Waals surface area contributed by atoms with Crippen LogP contribution in [0.4, 0.5) is 4.39 Å². The lowest BCUT2D eigenvalue weighted by molar-refractivity contribution is -0.140. The van der Waals surface area contributed by atoms with Gasteiger partial charge in [-0.05, 0) is 82.6 Å². The van der Waals surface area contributed by atoms with Gasteiger partial charge in [0.15, 0.2) is 5.78 Å². The molecule has 0 radical (unpaired) electrons. The van der Waals surface area contributed by atoms with E-state index in [1.54, 1.807) is 39.0 Å². The van der Waals surface area contributed by atoms with Crippen molar-refractivity contribution >= 4 is 40.9 Å². The zero-order chi connectivity index (χ0) is 29.7. The molecule has 0 aromatic heterocycles. The Kier molecular flexibility index (Phi) is 10.2. The van der Waals surface area contributed by atoms with E-state index < -0.39 is 17.9 Å². The first-order valence-electron chi connectivity index (χ1n) is 13.6. The zero-order valence-corrected chi connectivity index (χ0v) is 24.8. The normalized spacial score (nSPS) is 18.2. The molecule has 2 aliphatic rings. The lowest BCUT2D eigenvalue weighted by Gasteiger charge is -2.32. The average molecular weight is 604 g/mol. The van der Waals surface area contributed by atoms with Crippen molar-refractivity contribution < 1.29 is 28.2 Å². The number of rotatable bonds is 9. The number of likely N-dealkylation sites (tertiary alicyclic amines) is 1. The molecule has 2 aromatic carbocycles. The van der Waals surface area contributed by atoms with Crippen LogP contribution < -0.4 is 5.32 Å². The lowest BCUT2D eigenvalue weighted by Crippen LogP contribution is -2.39. The predicted octanol–water partition coefficient (Wildman–Crippen LogP) is 6.07. The summed E-state index contributed by atoms with van der Waals surface area (Å²) in [4.78, 5) is 41.5.